The Morgan fingerprint density at radius 3 is 0.802 bits per heavy atom. The summed E-state index contributed by atoms with van der Waals surface area (Å²) >= 11 is 0. The molecule has 5 atom stereocenters. The fourth-order valence-electron chi connectivity index (χ4n) is 3.93. The molecular formula is C47H73Fe2N4O28-6. The predicted octanol–water partition coefficient (Wildman–Crippen LogP) is -14.9. The molecule has 5 unspecified atom stereocenters. The zero-order chi connectivity index (χ0) is 59.3. The molecule has 0 spiro atoms. The van der Waals surface area contributed by atoms with E-state index in [1.807, 2.05) is 0 Å². The molecule has 0 aliphatic heterocycles. The van der Waals surface area contributed by atoms with Crippen LogP contribution in [0.4, 0.5) is 0 Å². The van der Waals surface area contributed by atoms with Gasteiger partial charge in [-0.25, -0.2) is 0 Å². The summed E-state index contributed by atoms with van der Waals surface area (Å²) in [6.45, 7) is 2.85. The molecule has 2 aromatic rings. The monoisotopic (exact) mass is 1250 g/mol. The minimum atomic E-state index is -2.97. The topological polar surface area (TPSA) is 667 Å². The van der Waals surface area contributed by atoms with Crippen LogP contribution in [0.1, 0.15) is 107 Å². The summed E-state index contributed by atoms with van der Waals surface area (Å²) in [5.74, 6) is -18.3. The van der Waals surface area contributed by atoms with Crippen molar-refractivity contribution in [2.75, 3.05) is 6.54 Å². The number of phenols is 2. The third-order valence-corrected chi connectivity index (χ3v) is 7.85. The van der Waals surface area contributed by atoms with Gasteiger partial charge >= 0.3 is 34.1 Å². The van der Waals surface area contributed by atoms with E-state index in [1.54, 1.807) is 24.3 Å². The van der Waals surface area contributed by atoms with Gasteiger partial charge in [-0.2, -0.15) is 0 Å². The van der Waals surface area contributed by atoms with Gasteiger partial charge in [-0.1, -0.05) is 67.8 Å². The summed E-state index contributed by atoms with van der Waals surface area (Å²) in [6, 6.07) is 9.61. The standard InChI is InChI=1S/2C9H11NO3.C6H14N2O2.2C6H8O7.2C3H6O3.5CH4.2Fe/c2*10-8(9(12)13)5-6-1-3-7(11)4-2-6;7-4-2-1-3-5(8)6(9)10;2*7-3(8)1-6(13,5(11)12)2-4(9)10;2*1-2(4)3(5)6;;;;;;;/h2*1-4,8,11H,5,10H2,(H,12,13);5H,1-4,7-8H2,(H,9,10);2*13H,1-2H2,(H,7,8)(H,9,10)(H,11,12);2*2,4H,1H3,(H,5,6);5*1H4;;/q;;;;;;;;;;;;+2;+3/p-11. The van der Waals surface area contributed by atoms with E-state index in [9.17, 15) is 109 Å². The first kappa shape index (κ1) is 103. The molecule has 0 bridgehead atoms. The normalized spacial score (nSPS) is 11.1. The Morgan fingerprint density at radius 1 is 0.444 bits per heavy atom. The number of aromatic hydroxyl groups is 2. The fourth-order valence-corrected chi connectivity index (χ4v) is 3.93. The van der Waals surface area contributed by atoms with Crippen molar-refractivity contribution in [2.45, 2.75) is 150 Å². The molecule has 81 heavy (non-hydrogen) atoms. The van der Waals surface area contributed by atoms with Gasteiger partial charge in [-0.05, 0) is 81.5 Å². The molecule has 0 saturated carbocycles. The van der Waals surface area contributed by atoms with E-state index in [4.69, 9.17) is 53.6 Å². The number of carbonyl (C=O) groups is 11. The fraction of sp³-hybridized carbons (Fsp3) is 0.511. The molecule has 0 amide bonds. The number of nitrogens with two attached hydrogens (primary N) is 4. The summed E-state index contributed by atoms with van der Waals surface area (Å²) in [4.78, 5) is 109. The molecule has 0 heterocycles. The molecule has 2 rings (SSSR count). The number of carbonyl (C=O) groups excluding carboxylic acids is 11. The van der Waals surface area contributed by atoms with Crippen molar-refractivity contribution in [1.29, 1.82) is 0 Å². The van der Waals surface area contributed by atoms with Crippen LogP contribution in [0, 0.1) is 0 Å². The van der Waals surface area contributed by atoms with Crippen molar-refractivity contribution in [3.63, 3.8) is 0 Å². The number of aliphatic hydroxyl groups is 4. The van der Waals surface area contributed by atoms with Crippen molar-refractivity contribution in [3.05, 3.63) is 59.7 Å². The first-order chi connectivity index (χ1) is 33.7. The average molecular weight is 1250 g/mol. The van der Waals surface area contributed by atoms with Crippen LogP contribution in [0.5, 0.6) is 11.5 Å². The van der Waals surface area contributed by atoms with Crippen LogP contribution in [-0.4, -0.2) is 144 Å². The number of benzene rings is 2. The van der Waals surface area contributed by atoms with E-state index < -0.39 is 133 Å². The summed E-state index contributed by atoms with van der Waals surface area (Å²) in [6.07, 6.45) is -5.66. The number of rotatable bonds is 23. The molecule has 2 aromatic carbocycles. The van der Waals surface area contributed by atoms with Crippen LogP contribution in [-0.2, 0) is 99.7 Å². The van der Waals surface area contributed by atoms with Crippen LogP contribution in [0.15, 0.2) is 48.5 Å². The summed E-state index contributed by atoms with van der Waals surface area (Å²) in [5, 5.41) is 161. The van der Waals surface area contributed by atoms with E-state index in [0.29, 0.717) is 13.0 Å². The van der Waals surface area contributed by atoms with E-state index in [-0.39, 0.29) is 95.6 Å². The molecule has 0 aliphatic rings. The van der Waals surface area contributed by atoms with Crippen LogP contribution >= 0.6 is 0 Å². The maximum absolute atomic E-state index is 10.3. The van der Waals surface area contributed by atoms with Gasteiger partial charge in [-0.3, -0.25) is 0 Å². The molecule has 34 heteroatoms. The Hall–Kier alpha value is -7.07. The molecule has 0 aliphatic carbocycles. The number of unbranched alkanes of at least 4 members (excludes halogenated alkanes) is 1. The van der Waals surface area contributed by atoms with Crippen LogP contribution in [0.25, 0.3) is 0 Å². The number of phenolic OH excluding ortho intramolecular Hbond substituents is 2. The van der Waals surface area contributed by atoms with Gasteiger partial charge in [-0.15, -0.1) is 0 Å². The predicted molar refractivity (Wildman–Crippen MR) is 251 cm³/mol. The third-order valence-electron chi connectivity index (χ3n) is 7.85. The molecule has 471 valence electrons. The molecule has 32 nitrogen and oxygen atoms in total. The first-order valence-corrected chi connectivity index (χ1v) is 20.3. The molecule has 0 saturated heterocycles. The van der Waals surface area contributed by atoms with Gasteiger partial charge < -0.3 is 162 Å². The Morgan fingerprint density at radius 2 is 0.654 bits per heavy atom. The quantitative estimate of drug-likeness (QED) is 0.0365. The molecule has 0 fully saturated rings. The second kappa shape index (κ2) is 54.9. The Bertz CT molecular complexity index is 1930. The van der Waals surface area contributed by atoms with Crippen LogP contribution < -0.4 is 79.1 Å². The van der Waals surface area contributed by atoms with Gasteiger partial charge in [0.2, 0.25) is 0 Å². The number of aliphatic hydroxyl groups excluding tert-OH is 2. The van der Waals surface area contributed by atoms with E-state index in [2.05, 4.69) is 0 Å². The minimum Gasteiger partial charge on any atom is -0.550 e. The largest absolute Gasteiger partial charge is 3.00 e. The van der Waals surface area contributed by atoms with E-state index in [1.165, 1.54) is 24.3 Å². The van der Waals surface area contributed by atoms with Crippen molar-refractivity contribution < 1.29 is 174 Å². The van der Waals surface area contributed by atoms with Crippen molar-refractivity contribution in [2.24, 2.45) is 22.9 Å². The van der Waals surface area contributed by atoms with Crippen molar-refractivity contribution >= 4 is 65.7 Å². The first-order valence-electron chi connectivity index (χ1n) is 20.3. The van der Waals surface area contributed by atoms with Gasteiger partial charge in [0.25, 0.3) is 0 Å². The second-order valence-electron chi connectivity index (χ2n) is 14.6. The smallest absolute Gasteiger partial charge is 0.550 e. The zero-order valence-corrected chi connectivity index (χ0v) is 42.0. The minimum absolute atomic E-state index is 0. The SMILES string of the molecule is C.C.C.C.C.CC(O)C(=O)[O-].CC(O)C(=O)[O-].NC(Cc1ccc(O)cc1)C(=O)[O-].NC(Cc1ccc(O)cc1)C(=O)[O-].NCCCCC(N)C(=O)[O-].O=C([O-])CC(O)(CC(=O)[O-])C(=O)[O-].O=C([O-])CC(O)(CC(=O)[O-])C(=O)[O-].[Fe+2].[Fe+3]. The van der Waals surface area contributed by atoms with Gasteiger partial charge in [0.15, 0.2) is 0 Å². The van der Waals surface area contributed by atoms with Gasteiger partial charge in [0.05, 0.1) is 54.0 Å². The number of hydrogen-bond acceptors (Lipinski definition) is 32. The van der Waals surface area contributed by atoms with E-state index in [0.717, 1.165) is 37.8 Å². The Labute approximate surface area is 488 Å². The Balaban J connectivity index is -0.0000000687. The van der Waals surface area contributed by atoms with Gasteiger partial charge in [0, 0.05) is 67.7 Å². The molecule has 0 aromatic heterocycles. The average Bonchev–Trinajstić information content (AvgIpc) is 3.25. The van der Waals surface area contributed by atoms with Gasteiger partial charge in [0.1, 0.15) is 22.7 Å². The maximum Gasteiger partial charge on any atom is 3.00 e. The molecule has 14 N–H and O–H groups in total. The number of aliphatic carboxylic acids is 11. The van der Waals surface area contributed by atoms with Crippen LogP contribution in [0.2, 0.25) is 0 Å². The Kier molecular flexibility index (Phi) is 69.4. The number of carboxylic acid groups (broad SMARTS) is 11. The third kappa shape index (κ3) is 60.4. The molecular weight excluding hydrogens is 1180 g/mol. The zero-order valence-electron chi connectivity index (χ0n) is 39.8. The maximum atomic E-state index is 10.3. The van der Waals surface area contributed by atoms with Crippen molar-refractivity contribution in [1.82, 2.24) is 0 Å². The van der Waals surface area contributed by atoms with Crippen LogP contribution in [0.3, 0.4) is 0 Å². The summed E-state index contributed by atoms with van der Waals surface area (Å²) in [5.41, 5.74) is 16.4. The summed E-state index contributed by atoms with van der Waals surface area (Å²) in [7, 11) is 0. The van der Waals surface area contributed by atoms with E-state index >= 15 is 0 Å². The number of hydrogen-bond donors (Lipinski definition) is 10. The number of carboxylic acids is 11. The van der Waals surface area contributed by atoms with Crippen molar-refractivity contribution in [3.8, 4) is 11.5 Å². The second-order valence-corrected chi connectivity index (χ2v) is 14.6. The molecule has 1 radical (unpaired) electrons. The summed E-state index contributed by atoms with van der Waals surface area (Å²) < 4.78 is 0.